The quantitative estimate of drug-likeness (QED) is 0.927. The van der Waals surface area contributed by atoms with Crippen molar-refractivity contribution in [3.05, 3.63) is 29.6 Å². The van der Waals surface area contributed by atoms with Gasteiger partial charge in [0.1, 0.15) is 5.82 Å². The number of sulfonamides is 1. The highest BCUT2D eigenvalue weighted by molar-refractivity contribution is 7.88. The Morgan fingerprint density at radius 1 is 1.40 bits per heavy atom. The summed E-state index contributed by atoms with van der Waals surface area (Å²) in [6.07, 6.45) is 3.12. The average molecular weight is 300 g/mol. The minimum Gasteiger partial charge on any atom is -0.385 e. The third-order valence-corrected chi connectivity index (χ3v) is 4.86. The molecule has 0 aliphatic carbocycles. The topological polar surface area (TPSA) is 49.4 Å². The molecule has 2 rings (SSSR count). The Kier molecular flexibility index (Phi) is 4.65. The van der Waals surface area contributed by atoms with Gasteiger partial charge >= 0.3 is 0 Å². The molecule has 1 aliphatic rings. The minimum atomic E-state index is -3.11. The second kappa shape index (κ2) is 6.10. The monoisotopic (exact) mass is 300 g/mol. The molecule has 1 N–H and O–H groups in total. The number of hydrogen-bond acceptors (Lipinski definition) is 3. The Bertz CT molecular complexity index is 554. The van der Waals surface area contributed by atoms with Gasteiger partial charge in [0.15, 0.2) is 0 Å². The molecule has 0 saturated carbocycles. The smallest absolute Gasteiger partial charge is 0.211 e. The third kappa shape index (κ3) is 4.18. The van der Waals surface area contributed by atoms with E-state index >= 15 is 0 Å². The molecule has 0 bridgehead atoms. The van der Waals surface area contributed by atoms with E-state index < -0.39 is 10.0 Å². The summed E-state index contributed by atoms with van der Waals surface area (Å²) in [5.41, 5.74) is 1.62. The fraction of sp³-hybridized carbons (Fsp3) is 0.571. The lowest BCUT2D eigenvalue weighted by molar-refractivity contribution is 0.277. The molecule has 6 heteroatoms. The maximum atomic E-state index is 13.3. The van der Waals surface area contributed by atoms with Crippen molar-refractivity contribution in [3.63, 3.8) is 0 Å². The zero-order valence-corrected chi connectivity index (χ0v) is 12.7. The van der Waals surface area contributed by atoms with E-state index in [0.717, 1.165) is 24.1 Å². The van der Waals surface area contributed by atoms with Gasteiger partial charge in [0.25, 0.3) is 0 Å². The Morgan fingerprint density at radius 2 is 2.15 bits per heavy atom. The summed E-state index contributed by atoms with van der Waals surface area (Å²) < 4.78 is 37.9. The van der Waals surface area contributed by atoms with Gasteiger partial charge in [-0.3, -0.25) is 0 Å². The number of benzene rings is 1. The molecule has 1 saturated heterocycles. The van der Waals surface area contributed by atoms with Crippen LogP contribution in [0.4, 0.5) is 10.1 Å². The molecule has 0 spiro atoms. The zero-order chi connectivity index (χ0) is 14.8. The number of piperidine rings is 1. The SMILES string of the molecule is Cc1cc(F)cc(NCC2CCCN(S(C)(=O)=O)C2)c1. The number of halogens is 1. The first-order chi connectivity index (χ1) is 9.34. The van der Waals surface area contributed by atoms with Gasteiger partial charge in [-0.25, -0.2) is 17.1 Å². The Labute approximate surface area is 120 Å². The highest BCUT2D eigenvalue weighted by Crippen LogP contribution is 2.20. The van der Waals surface area contributed by atoms with Crippen molar-refractivity contribution in [1.82, 2.24) is 4.31 Å². The largest absolute Gasteiger partial charge is 0.385 e. The molecule has 1 aromatic carbocycles. The number of hydrogen-bond donors (Lipinski definition) is 1. The molecule has 0 aromatic heterocycles. The predicted molar refractivity (Wildman–Crippen MR) is 78.8 cm³/mol. The fourth-order valence-electron chi connectivity index (χ4n) is 2.60. The first kappa shape index (κ1) is 15.3. The van der Waals surface area contributed by atoms with Gasteiger partial charge in [-0.15, -0.1) is 0 Å². The van der Waals surface area contributed by atoms with Crippen LogP contribution in [0, 0.1) is 18.7 Å². The number of aryl methyl sites for hydroxylation is 1. The Hall–Kier alpha value is -1.14. The van der Waals surface area contributed by atoms with Crippen molar-refractivity contribution >= 4 is 15.7 Å². The second-order valence-corrected chi connectivity index (χ2v) is 7.51. The summed E-state index contributed by atoms with van der Waals surface area (Å²) >= 11 is 0. The van der Waals surface area contributed by atoms with Gasteiger partial charge in [-0.1, -0.05) is 0 Å². The summed E-state index contributed by atoms with van der Waals surface area (Å²) in [6, 6.07) is 4.83. The molecule has 1 atom stereocenters. The van der Waals surface area contributed by atoms with Gasteiger partial charge in [0.2, 0.25) is 10.0 Å². The van der Waals surface area contributed by atoms with Crippen molar-refractivity contribution < 1.29 is 12.8 Å². The van der Waals surface area contributed by atoms with Crippen LogP contribution in [0.1, 0.15) is 18.4 Å². The molecule has 1 fully saturated rings. The first-order valence-electron chi connectivity index (χ1n) is 6.81. The van der Waals surface area contributed by atoms with Gasteiger partial charge in [0.05, 0.1) is 6.26 Å². The third-order valence-electron chi connectivity index (χ3n) is 3.59. The van der Waals surface area contributed by atoms with Gasteiger partial charge in [-0.2, -0.15) is 0 Å². The van der Waals surface area contributed by atoms with E-state index in [2.05, 4.69) is 5.32 Å². The van der Waals surface area contributed by atoms with E-state index in [0.29, 0.717) is 19.6 Å². The lowest BCUT2D eigenvalue weighted by Gasteiger charge is -2.31. The summed E-state index contributed by atoms with van der Waals surface area (Å²) in [7, 11) is -3.11. The standard InChI is InChI=1S/C14H21FN2O2S/c1-11-6-13(15)8-14(7-11)16-9-12-4-3-5-17(10-12)20(2,18)19/h6-8,12,16H,3-5,9-10H2,1-2H3. The van der Waals surface area contributed by atoms with Crippen molar-refractivity contribution in [2.75, 3.05) is 31.2 Å². The van der Waals surface area contributed by atoms with Crippen molar-refractivity contribution in [1.29, 1.82) is 0 Å². The minimum absolute atomic E-state index is 0.256. The molecule has 20 heavy (non-hydrogen) atoms. The van der Waals surface area contributed by atoms with E-state index in [-0.39, 0.29) is 11.7 Å². The Morgan fingerprint density at radius 3 is 2.80 bits per heavy atom. The molecule has 1 aromatic rings. The van der Waals surface area contributed by atoms with Crippen LogP contribution in [0.3, 0.4) is 0 Å². The summed E-state index contributed by atoms with van der Waals surface area (Å²) in [5.74, 6) is 0.0101. The molecule has 1 aliphatic heterocycles. The van der Waals surface area contributed by atoms with Gasteiger partial charge in [0, 0.05) is 25.3 Å². The number of nitrogens with zero attached hydrogens (tertiary/aromatic N) is 1. The molecule has 4 nitrogen and oxygen atoms in total. The number of anilines is 1. The molecule has 0 radical (unpaired) electrons. The van der Waals surface area contributed by atoms with E-state index in [1.807, 2.05) is 13.0 Å². The highest BCUT2D eigenvalue weighted by Gasteiger charge is 2.25. The molecule has 0 amide bonds. The highest BCUT2D eigenvalue weighted by atomic mass is 32.2. The lowest BCUT2D eigenvalue weighted by Crippen LogP contribution is -2.41. The average Bonchev–Trinajstić information content (AvgIpc) is 2.35. The summed E-state index contributed by atoms with van der Waals surface area (Å²) in [5, 5.41) is 3.21. The summed E-state index contributed by atoms with van der Waals surface area (Å²) in [6.45, 7) is 3.66. The van der Waals surface area contributed by atoms with Crippen LogP contribution in [-0.4, -0.2) is 38.6 Å². The van der Waals surface area contributed by atoms with Crippen LogP contribution >= 0.6 is 0 Å². The van der Waals surface area contributed by atoms with Crippen molar-refractivity contribution in [2.24, 2.45) is 5.92 Å². The van der Waals surface area contributed by atoms with E-state index in [9.17, 15) is 12.8 Å². The van der Waals surface area contributed by atoms with E-state index in [4.69, 9.17) is 0 Å². The molecule has 112 valence electrons. The fourth-order valence-corrected chi connectivity index (χ4v) is 3.54. The van der Waals surface area contributed by atoms with E-state index in [1.54, 1.807) is 0 Å². The van der Waals surface area contributed by atoms with Gasteiger partial charge < -0.3 is 5.32 Å². The van der Waals surface area contributed by atoms with Crippen LogP contribution in [-0.2, 0) is 10.0 Å². The van der Waals surface area contributed by atoms with Crippen LogP contribution in [0.25, 0.3) is 0 Å². The second-order valence-electron chi connectivity index (χ2n) is 5.53. The maximum absolute atomic E-state index is 13.3. The van der Waals surface area contributed by atoms with E-state index in [1.165, 1.54) is 22.7 Å². The predicted octanol–water partition coefficient (Wildman–Crippen LogP) is 2.22. The molecular weight excluding hydrogens is 279 g/mol. The van der Waals surface area contributed by atoms with Crippen molar-refractivity contribution in [2.45, 2.75) is 19.8 Å². The number of nitrogens with one attached hydrogen (secondary N) is 1. The number of rotatable bonds is 4. The molecule has 1 unspecified atom stereocenters. The van der Waals surface area contributed by atoms with Crippen LogP contribution in [0.5, 0.6) is 0 Å². The molecule has 1 heterocycles. The summed E-state index contributed by atoms with van der Waals surface area (Å²) in [4.78, 5) is 0. The maximum Gasteiger partial charge on any atom is 0.211 e. The Balaban J connectivity index is 1.93. The van der Waals surface area contributed by atoms with Crippen molar-refractivity contribution in [3.8, 4) is 0 Å². The zero-order valence-electron chi connectivity index (χ0n) is 11.9. The van der Waals surface area contributed by atoms with Crippen LogP contribution < -0.4 is 5.32 Å². The first-order valence-corrected chi connectivity index (χ1v) is 8.65. The molecular formula is C14H21FN2O2S. The van der Waals surface area contributed by atoms with Crippen LogP contribution in [0.2, 0.25) is 0 Å². The van der Waals surface area contributed by atoms with Gasteiger partial charge in [-0.05, 0) is 49.4 Å². The normalized spacial score (nSPS) is 20.9. The lowest BCUT2D eigenvalue weighted by atomic mass is 9.99. The van der Waals surface area contributed by atoms with Crippen LogP contribution in [0.15, 0.2) is 18.2 Å².